The molecular formula is C18H14N2O2. The van der Waals surface area contributed by atoms with Gasteiger partial charge in [-0.2, -0.15) is 0 Å². The highest BCUT2D eigenvalue weighted by Crippen LogP contribution is 2.57. The number of carbonyl (C=O) groups excluding carboxylic acids is 1. The van der Waals surface area contributed by atoms with E-state index in [9.17, 15) is 4.79 Å². The molecule has 2 atom stereocenters. The van der Waals surface area contributed by atoms with Crippen molar-refractivity contribution in [2.24, 2.45) is 5.73 Å². The Hall–Kier alpha value is -2.72. The maximum atomic E-state index is 12.1. The SMILES string of the molecule is NC(=O)[C@]1(c2ccccn2)O[C@@H]1c1cccc2ccccc12. The van der Waals surface area contributed by atoms with E-state index < -0.39 is 17.6 Å². The Morgan fingerprint density at radius 2 is 1.82 bits per heavy atom. The predicted molar refractivity (Wildman–Crippen MR) is 82.9 cm³/mol. The molecule has 4 nitrogen and oxygen atoms in total. The summed E-state index contributed by atoms with van der Waals surface area (Å²) in [6.45, 7) is 0. The molecule has 1 amide bonds. The molecule has 1 saturated heterocycles. The largest absolute Gasteiger partial charge is 0.367 e. The highest BCUT2D eigenvalue weighted by molar-refractivity contribution is 5.92. The van der Waals surface area contributed by atoms with Gasteiger partial charge in [-0.3, -0.25) is 9.78 Å². The van der Waals surface area contributed by atoms with Crippen molar-refractivity contribution < 1.29 is 9.53 Å². The van der Waals surface area contributed by atoms with Crippen LogP contribution in [0.25, 0.3) is 10.8 Å². The van der Waals surface area contributed by atoms with Crippen molar-refractivity contribution in [1.82, 2.24) is 4.98 Å². The van der Waals surface area contributed by atoms with E-state index in [-0.39, 0.29) is 0 Å². The van der Waals surface area contributed by atoms with E-state index in [1.165, 1.54) is 0 Å². The molecule has 0 radical (unpaired) electrons. The molecule has 4 heteroatoms. The summed E-state index contributed by atoms with van der Waals surface area (Å²) in [5.41, 5.74) is 5.99. The van der Waals surface area contributed by atoms with Crippen molar-refractivity contribution in [3.63, 3.8) is 0 Å². The Morgan fingerprint density at radius 1 is 1.05 bits per heavy atom. The lowest BCUT2D eigenvalue weighted by atomic mass is 9.92. The number of epoxide rings is 1. The maximum absolute atomic E-state index is 12.1. The standard InChI is InChI=1S/C18H14N2O2/c19-17(21)18(15-10-3-4-11-20-15)16(22-18)14-9-5-7-12-6-1-2-8-13(12)14/h1-11,16H,(H2,19,21)/t16-,18-/m1/s1. The molecule has 2 heterocycles. The zero-order valence-electron chi connectivity index (χ0n) is 11.8. The first-order chi connectivity index (χ1) is 10.7. The highest BCUT2D eigenvalue weighted by Gasteiger charge is 2.65. The van der Waals surface area contributed by atoms with Crippen molar-refractivity contribution in [2.45, 2.75) is 11.7 Å². The number of benzene rings is 2. The highest BCUT2D eigenvalue weighted by atomic mass is 16.6. The third-order valence-electron chi connectivity index (χ3n) is 4.13. The van der Waals surface area contributed by atoms with E-state index >= 15 is 0 Å². The summed E-state index contributed by atoms with van der Waals surface area (Å²) >= 11 is 0. The number of aromatic nitrogens is 1. The van der Waals surface area contributed by atoms with Crippen LogP contribution in [0.3, 0.4) is 0 Å². The topological polar surface area (TPSA) is 68.5 Å². The Labute approximate surface area is 127 Å². The molecule has 1 aliphatic heterocycles. The fraction of sp³-hybridized carbons (Fsp3) is 0.111. The van der Waals surface area contributed by atoms with Gasteiger partial charge in [0.1, 0.15) is 6.10 Å². The second-order valence-corrected chi connectivity index (χ2v) is 5.38. The maximum Gasteiger partial charge on any atom is 0.259 e. The summed E-state index contributed by atoms with van der Waals surface area (Å²) in [5.74, 6) is -0.510. The molecule has 108 valence electrons. The second-order valence-electron chi connectivity index (χ2n) is 5.38. The van der Waals surface area contributed by atoms with E-state index in [1.807, 2.05) is 48.5 Å². The quantitative estimate of drug-likeness (QED) is 0.754. The number of amides is 1. The fourth-order valence-electron chi connectivity index (χ4n) is 3.00. The van der Waals surface area contributed by atoms with Crippen LogP contribution in [0, 0.1) is 0 Å². The number of hydrogen-bond acceptors (Lipinski definition) is 3. The minimum absolute atomic E-state index is 0.397. The van der Waals surface area contributed by atoms with Crippen LogP contribution in [0.5, 0.6) is 0 Å². The lowest BCUT2D eigenvalue weighted by Crippen LogP contribution is -2.31. The number of nitrogens with two attached hydrogens (primary N) is 1. The van der Waals surface area contributed by atoms with Gasteiger partial charge in [0.2, 0.25) is 5.60 Å². The van der Waals surface area contributed by atoms with Crippen LogP contribution in [0.2, 0.25) is 0 Å². The van der Waals surface area contributed by atoms with Gasteiger partial charge in [-0.1, -0.05) is 48.5 Å². The summed E-state index contributed by atoms with van der Waals surface area (Å²) in [6.07, 6.45) is 1.24. The van der Waals surface area contributed by atoms with E-state index in [0.29, 0.717) is 5.69 Å². The van der Waals surface area contributed by atoms with Crippen LogP contribution in [-0.4, -0.2) is 10.9 Å². The Kier molecular flexibility index (Phi) is 2.74. The molecule has 2 N–H and O–H groups in total. The van der Waals surface area contributed by atoms with Crippen molar-refractivity contribution in [3.8, 4) is 0 Å². The molecule has 1 aliphatic rings. The van der Waals surface area contributed by atoms with E-state index in [4.69, 9.17) is 10.5 Å². The van der Waals surface area contributed by atoms with Crippen molar-refractivity contribution in [1.29, 1.82) is 0 Å². The Bertz CT molecular complexity index is 858. The molecule has 2 aromatic carbocycles. The summed E-state index contributed by atoms with van der Waals surface area (Å²) in [6, 6.07) is 19.4. The molecule has 0 spiro atoms. The smallest absolute Gasteiger partial charge is 0.259 e. The number of ether oxygens (including phenoxy) is 1. The normalized spacial score (nSPS) is 23.4. The molecule has 0 unspecified atom stereocenters. The number of rotatable bonds is 3. The third kappa shape index (κ3) is 1.74. The van der Waals surface area contributed by atoms with E-state index in [1.54, 1.807) is 18.3 Å². The Morgan fingerprint density at radius 3 is 2.59 bits per heavy atom. The molecular weight excluding hydrogens is 276 g/mol. The summed E-state index contributed by atoms with van der Waals surface area (Å²) in [5, 5.41) is 2.17. The van der Waals surface area contributed by atoms with Gasteiger partial charge in [-0.05, 0) is 28.5 Å². The molecule has 0 aliphatic carbocycles. The lowest BCUT2D eigenvalue weighted by Gasteiger charge is -2.09. The van der Waals surface area contributed by atoms with Crippen LogP contribution < -0.4 is 5.73 Å². The number of carbonyl (C=O) groups is 1. The molecule has 3 aromatic rings. The molecule has 4 rings (SSSR count). The number of fused-ring (bicyclic) bond motifs is 1. The van der Waals surface area contributed by atoms with E-state index in [2.05, 4.69) is 4.98 Å². The first-order valence-electron chi connectivity index (χ1n) is 7.10. The zero-order chi connectivity index (χ0) is 15.2. The van der Waals surface area contributed by atoms with Gasteiger partial charge in [0.05, 0.1) is 5.69 Å². The molecule has 0 saturated carbocycles. The van der Waals surface area contributed by atoms with Gasteiger partial charge in [-0.15, -0.1) is 0 Å². The minimum atomic E-state index is -1.16. The number of hydrogen-bond donors (Lipinski definition) is 1. The van der Waals surface area contributed by atoms with Gasteiger partial charge in [0, 0.05) is 6.20 Å². The van der Waals surface area contributed by atoms with Gasteiger partial charge in [0.25, 0.3) is 5.91 Å². The predicted octanol–water partition coefficient (Wildman–Crippen LogP) is 2.69. The third-order valence-corrected chi connectivity index (χ3v) is 4.13. The van der Waals surface area contributed by atoms with Crippen LogP contribution in [-0.2, 0) is 15.1 Å². The van der Waals surface area contributed by atoms with Crippen LogP contribution in [0.4, 0.5) is 0 Å². The monoisotopic (exact) mass is 290 g/mol. The molecule has 1 fully saturated rings. The number of primary amides is 1. The van der Waals surface area contributed by atoms with Crippen molar-refractivity contribution in [3.05, 3.63) is 78.1 Å². The summed E-state index contributed by atoms with van der Waals surface area (Å²) < 4.78 is 5.81. The fourth-order valence-corrected chi connectivity index (χ4v) is 3.00. The summed E-state index contributed by atoms with van der Waals surface area (Å²) in [4.78, 5) is 16.3. The van der Waals surface area contributed by atoms with Gasteiger partial charge >= 0.3 is 0 Å². The number of nitrogens with zero attached hydrogens (tertiary/aromatic N) is 1. The van der Waals surface area contributed by atoms with Crippen molar-refractivity contribution >= 4 is 16.7 Å². The average molecular weight is 290 g/mol. The van der Waals surface area contributed by atoms with Gasteiger partial charge in [-0.25, -0.2) is 0 Å². The first kappa shape index (κ1) is 13.0. The van der Waals surface area contributed by atoms with Crippen molar-refractivity contribution in [2.75, 3.05) is 0 Å². The molecule has 22 heavy (non-hydrogen) atoms. The Balaban J connectivity index is 1.86. The van der Waals surface area contributed by atoms with Crippen LogP contribution in [0.15, 0.2) is 66.9 Å². The number of pyridine rings is 1. The van der Waals surface area contributed by atoms with Gasteiger partial charge < -0.3 is 10.5 Å². The minimum Gasteiger partial charge on any atom is -0.367 e. The van der Waals surface area contributed by atoms with Gasteiger partial charge in [0.15, 0.2) is 0 Å². The molecule has 0 bridgehead atoms. The average Bonchev–Trinajstić information content (AvgIpc) is 3.32. The van der Waals surface area contributed by atoms with E-state index in [0.717, 1.165) is 16.3 Å². The van der Waals surface area contributed by atoms with Crippen LogP contribution in [0.1, 0.15) is 17.4 Å². The summed E-state index contributed by atoms with van der Waals surface area (Å²) in [7, 11) is 0. The zero-order valence-corrected chi connectivity index (χ0v) is 11.8. The molecule has 1 aromatic heterocycles. The van der Waals surface area contributed by atoms with Crippen LogP contribution >= 0.6 is 0 Å². The lowest BCUT2D eigenvalue weighted by molar-refractivity contribution is -0.123. The first-order valence-corrected chi connectivity index (χ1v) is 7.10. The second kappa shape index (κ2) is 4.64.